The minimum Gasteiger partial charge on any atom is -0.496 e. The monoisotopic (exact) mass is 387 g/mol. The van der Waals surface area contributed by atoms with E-state index in [1.54, 1.807) is 7.11 Å². The van der Waals surface area contributed by atoms with Crippen molar-refractivity contribution >= 4 is 27.5 Å². The lowest BCUT2D eigenvalue weighted by Gasteiger charge is -2.36. The molecule has 0 N–H and O–H groups in total. The van der Waals surface area contributed by atoms with Gasteiger partial charge in [-0.2, -0.15) is 0 Å². The standard InChI is InChI=1S/C20H22BrNO2/c1-4-14-10-11-22(20(23)15-8-6-5-7-9-15)19-17(14)16(24-3)12-13(2)18(19)21/h5-9,12,14H,4,10-11H2,1-3H3/t14-/m1/s1. The van der Waals surface area contributed by atoms with E-state index < -0.39 is 0 Å². The van der Waals surface area contributed by atoms with E-state index in [9.17, 15) is 4.79 Å². The summed E-state index contributed by atoms with van der Waals surface area (Å²) in [6, 6.07) is 11.5. The predicted molar refractivity (Wildman–Crippen MR) is 101 cm³/mol. The lowest BCUT2D eigenvalue weighted by molar-refractivity contribution is 0.0983. The summed E-state index contributed by atoms with van der Waals surface area (Å²) in [7, 11) is 1.70. The summed E-state index contributed by atoms with van der Waals surface area (Å²) < 4.78 is 6.64. The molecule has 3 nitrogen and oxygen atoms in total. The molecule has 0 unspecified atom stereocenters. The van der Waals surface area contributed by atoms with Crippen molar-refractivity contribution in [3.05, 3.63) is 57.6 Å². The number of hydrogen-bond donors (Lipinski definition) is 0. The number of hydrogen-bond acceptors (Lipinski definition) is 2. The van der Waals surface area contributed by atoms with Gasteiger partial charge in [-0.15, -0.1) is 0 Å². The molecule has 3 rings (SSSR count). The Morgan fingerprint density at radius 3 is 2.67 bits per heavy atom. The number of methoxy groups -OCH3 is 1. The van der Waals surface area contributed by atoms with Gasteiger partial charge in [0.05, 0.1) is 12.8 Å². The summed E-state index contributed by atoms with van der Waals surface area (Å²) in [4.78, 5) is 15.0. The molecule has 2 aromatic carbocycles. The van der Waals surface area contributed by atoms with Gasteiger partial charge in [-0.05, 0) is 65.4 Å². The fraction of sp³-hybridized carbons (Fsp3) is 0.350. The number of fused-ring (bicyclic) bond motifs is 1. The Bertz CT molecular complexity index is 758. The van der Waals surface area contributed by atoms with Crippen LogP contribution in [0.3, 0.4) is 0 Å². The van der Waals surface area contributed by atoms with Crippen molar-refractivity contribution in [2.24, 2.45) is 0 Å². The molecule has 0 saturated heterocycles. The number of anilines is 1. The first kappa shape index (κ1) is 17.0. The van der Waals surface area contributed by atoms with Gasteiger partial charge in [0, 0.05) is 22.1 Å². The van der Waals surface area contributed by atoms with Crippen LogP contribution in [-0.2, 0) is 0 Å². The molecule has 24 heavy (non-hydrogen) atoms. The molecule has 1 aliphatic heterocycles. The largest absolute Gasteiger partial charge is 0.496 e. The summed E-state index contributed by atoms with van der Waals surface area (Å²) in [5.74, 6) is 1.33. The van der Waals surface area contributed by atoms with Crippen molar-refractivity contribution in [1.29, 1.82) is 0 Å². The minimum atomic E-state index is 0.0414. The summed E-state index contributed by atoms with van der Waals surface area (Å²) in [5, 5.41) is 0. The van der Waals surface area contributed by atoms with Gasteiger partial charge in [0.25, 0.3) is 5.91 Å². The first-order chi connectivity index (χ1) is 11.6. The Morgan fingerprint density at radius 1 is 1.33 bits per heavy atom. The van der Waals surface area contributed by atoms with Crippen LogP contribution in [0.1, 0.15) is 47.2 Å². The highest BCUT2D eigenvalue weighted by molar-refractivity contribution is 9.10. The second kappa shape index (κ2) is 6.98. The Labute approximate surface area is 151 Å². The van der Waals surface area contributed by atoms with E-state index in [2.05, 4.69) is 28.9 Å². The van der Waals surface area contributed by atoms with E-state index >= 15 is 0 Å². The van der Waals surface area contributed by atoms with Crippen LogP contribution in [0.2, 0.25) is 0 Å². The Balaban J connectivity index is 2.17. The minimum absolute atomic E-state index is 0.0414. The van der Waals surface area contributed by atoms with Crippen LogP contribution in [0.5, 0.6) is 5.75 Å². The van der Waals surface area contributed by atoms with E-state index in [1.165, 1.54) is 0 Å². The Hall–Kier alpha value is -1.81. The molecule has 126 valence electrons. The third-order valence-corrected chi connectivity index (χ3v) is 5.78. The predicted octanol–water partition coefficient (Wildman–Crippen LogP) is 5.31. The summed E-state index contributed by atoms with van der Waals surface area (Å²) in [6.45, 7) is 4.95. The fourth-order valence-corrected chi connectivity index (χ4v) is 4.02. The molecule has 0 aliphatic carbocycles. The lowest BCUT2D eigenvalue weighted by Crippen LogP contribution is -2.37. The number of ether oxygens (including phenoxy) is 1. The average Bonchev–Trinajstić information content (AvgIpc) is 2.63. The van der Waals surface area contributed by atoms with Crippen LogP contribution in [0.4, 0.5) is 5.69 Å². The second-order valence-corrected chi connectivity index (χ2v) is 6.98. The number of aryl methyl sites for hydroxylation is 1. The summed E-state index contributed by atoms with van der Waals surface area (Å²) >= 11 is 3.72. The van der Waals surface area contributed by atoms with Crippen LogP contribution in [0.15, 0.2) is 40.9 Å². The maximum Gasteiger partial charge on any atom is 0.258 e. The van der Waals surface area contributed by atoms with Crippen molar-refractivity contribution in [3.63, 3.8) is 0 Å². The smallest absolute Gasteiger partial charge is 0.258 e. The normalized spacial score (nSPS) is 16.7. The molecule has 0 fully saturated rings. The lowest BCUT2D eigenvalue weighted by atomic mass is 9.86. The van der Waals surface area contributed by atoms with Crippen molar-refractivity contribution in [2.45, 2.75) is 32.6 Å². The van der Waals surface area contributed by atoms with E-state index in [4.69, 9.17) is 4.74 Å². The summed E-state index contributed by atoms with van der Waals surface area (Å²) in [5.41, 5.74) is 3.91. The molecule has 1 atom stereocenters. The van der Waals surface area contributed by atoms with Gasteiger partial charge < -0.3 is 9.64 Å². The number of amides is 1. The van der Waals surface area contributed by atoms with Crippen molar-refractivity contribution in [1.82, 2.24) is 0 Å². The van der Waals surface area contributed by atoms with Gasteiger partial charge in [0.2, 0.25) is 0 Å². The summed E-state index contributed by atoms with van der Waals surface area (Å²) in [6.07, 6.45) is 1.99. The zero-order valence-corrected chi connectivity index (χ0v) is 15.9. The quantitative estimate of drug-likeness (QED) is 0.713. The highest BCUT2D eigenvalue weighted by Crippen LogP contribution is 2.48. The molecule has 4 heteroatoms. The van der Waals surface area contributed by atoms with Gasteiger partial charge in [0.1, 0.15) is 5.75 Å². The maximum absolute atomic E-state index is 13.1. The molecule has 0 spiro atoms. The van der Waals surface area contributed by atoms with Gasteiger partial charge in [-0.1, -0.05) is 25.1 Å². The van der Waals surface area contributed by atoms with Crippen LogP contribution in [-0.4, -0.2) is 19.6 Å². The molecular weight excluding hydrogens is 366 g/mol. The van der Waals surface area contributed by atoms with Gasteiger partial charge in [0.15, 0.2) is 0 Å². The maximum atomic E-state index is 13.1. The zero-order chi connectivity index (χ0) is 17.3. The molecular formula is C20H22BrNO2. The Kier molecular flexibility index (Phi) is 4.95. The third-order valence-electron chi connectivity index (χ3n) is 4.78. The van der Waals surface area contributed by atoms with Crippen molar-refractivity contribution < 1.29 is 9.53 Å². The van der Waals surface area contributed by atoms with Gasteiger partial charge in [-0.25, -0.2) is 0 Å². The first-order valence-corrected chi connectivity index (χ1v) is 9.11. The third kappa shape index (κ3) is 2.84. The van der Waals surface area contributed by atoms with Crippen LogP contribution in [0, 0.1) is 6.92 Å². The van der Waals surface area contributed by atoms with E-state index in [0.29, 0.717) is 11.5 Å². The number of carbonyl (C=O) groups excluding carboxylic acids is 1. The molecule has 0 saturated carbocycles. The van der Waals surface area contributed by atoms with Crippen molar-refractivity contribution in [3.8, 4) is 5.75 Å². The number of halogens is 1. The van der Waals surface area contributed by atoms with Crippen LogP contribution < -0.4 is 9.64 Å². The van der Waals surface area contributed by atoms with Crippen LogP contribution in [0.25, 0.3) is 0 Å². The van der Waals surface area contributed by atoms with E-state index in [1.807, 2.05) is 42.2 Å². The number of carbonyl (C=O) groups is 1. The molecule has 1 amide bonds. The molecule has 2 aromatic rings. The van der Waals surface area contributed by atoms with Crippen LogP contribution >= 0.6 is 15.9 Å². The highest BCUT2D eigenvalue weighted by atomic mass is 79.9. The van der Waals surface area contributed by atoms with Gasteiger partial charge >= 0.3 is 0 Å². The van der Waals surface area contributed by atoms with E-state index in [0.717, 1.165) is 46.4 Å². The molecule has 1 aliphatic rings. The first-order valence-electron chi connectivity index (χ1n) is 8.32. The topological polar surface area (TPSA) is 29.5 Å². The van der Waals surface area contributed by atoms with Gasteiger partial charge in [-0.3, -0.25) is 4.79 Å². The number of rotatable bonds is 3. The SMILES string of the molecule is CC[C@@H]1CCN(C(=O)c2ccccc2)c2c(Br)c(C)cc(OC)c21. The highest BCUT2D eigenvalue weighted by Gasteiger charge is 2.33. The van der Waals surface area contributed by atoms with E-state index in [-0.39, 0.29) is 5.91 Å². The van der Waals surface area contributed by atoms with Crippen molar-refractivity contribution in [2.75, 3.05) is 18.6 Å². The number of benzene rings is 2. The number of nitrogens with zero attached hydrogens (tertiary/aromatic N) is 1. The zero-order valence-electron chi connectivity index (χ0n) is 14.3. The molecule has 0 radical (unpaired) electrons. The average molecular weight is 388 g/mol. The Morgan fingerprint density at radius 2 is 2.04 bits per heavy atom. The molecule has 1 heterocycles. The molecule has 0 aromatic heterocycles. The molecule has 0 bridgehead atoms. The second-order valence-electron chi connectivity index (χ2n) is 6.19. The fourth-order valence-electron chi connectivity index (χ4n) is 3.48.